The van der Waals surface area contributed by atoms with E-state index in [0.717, 1.165) is 0 Å². The van der Waals surface area contributed by atoms with Crippen molar-refractivity contribution in [2.75, 3.05) is 26.4 Å². The predicted octanol–water partition coefficient (Wildman–Crippen LogP) is 0.407. The van der Waals surface area contributed by atoms with Crippen LogP contribution < -0.4 is 4.74 Å². The Morgan fingerprint density at radius 3 is 2.96 bits per heavy atom. The Balaban J connectivity index is 1.77. The van der Waals surface area contributed by atoms with Crippen LogP contribution in [-0.2, 0) is 11.3 Å². The Hall–Kier alpha value is -3.04. The molecule has 9 heteroatoms. The zero-order chi connectivity index (χ0) is 19.2. The van der Waals surface area contributed by atoms with E-state index in [4.69, 9.17) is 9.47 Å². The number of aliphatic hydroxyl groups excluding tert-OH is 1. The lowest BCUT2D eigenvalue weighted by Crippen LogP contribution is -2.51. The molecule has 142 valence electrons. The molecule has 2 heterocycles. The quantitative estimate of drug-likeness (QED) is 0.698. The highest BCUT2D eigenvalue weighted by atomic mass is 16.5. The average molecular weight is 373 g/mol. The van der Waals surface area contributed by atoms with E-state index in [1.165, 1.54) is 18.5 Å². The van der Waals surface area contributed by atoms with E-state index in [9.17, 15) is 19.8 Å². The zero-order valence-electron chi connectivity index (χ0n) is 14.4. The summed E-state index contributed by atoms with van der Waals surface area (Å²) in [7, 11) is 0. The summed E-state index contributed by atoms with van der Waals surface area (Å²) in [6, 6.07) is 4.08. The summed E-state index contributed by atoms with van der Waals surface area (Å²) in [6.45, 7) is 0.602. The number of nitrogens with zero attached hydrogens (tertiary/aromatic N) is 3. The van der Waals surface area contributed by atoms with Gasteiger partial charge < -0.3 is 24.6 Å². The molecule has 3 rings (SSSR count). The van der Waals surface area contributed by atoms with Crippen molar-refractivity contribution >= 4 is 12.2 Å². The molecule has 1 amide bonds. The molecule has 0 spiro atoms. The Kier molecular flexibility index (Phi) is 5.94. The van der Waals surface area contributed by atoms with E-state index < -0.39 is 12.6 Å². The normalized spacial score (nSPS) is 16.8. The molecule has 1 aliphatic heterocycles. The first-order valence-electron chi connectivity index (χ1n) is 8.35. The summed E-state index contributed by atoms with van der Waals surface area (Å²) >= 11 is 0. The summed E-state index contributed by atoms with van der Waals surface area (Å²) < 4.78 is 11.1. The highest BCUT2D eigenvalue weighted by molar-refractivity contribution is 5.93. The van der Waals surface area contributed by atoms with Gasteiger partial charge >= 0.3 is 0 Å². The lowest BCUT2D eigenvalue weighted by molar-refractivity contribution is -0.0155. The molecule has 2 aromatic rings. The molecule has 0 saturated carbocycles. The molecule has 27 heavy (non-hydrogen) atoms. The molecule has 0 bridgehead atoms. The molecule has 1 fully saturated rings. The molecule has 9 nitrogen and oxygen atoms in total. The lowest BCUT2D eigenvalue weighted by atomic mass is 10.1. The van der Waals surface area contributed by atoms with Crippen molar-refractivity contribution in [1.29, 1.82) is 0 Å². The average Bonchev–Trinajstić information content (AvgIpc) is 2.72. The Morgan fingerprint density at radius 1 is 1.37 bits per heavy atom. The first-order chi connectivity index (χ1) is 13.2. The second kappa shape index (κ2) is 8.56. The number of aromatic nitrogens is 2. The van der Waals surface area contributed by atoms with Crippen LogP contribution in [0.1, 0.15) is 26.5 Å². The van der Waals surface area contributed by atoms with Crippen LogP contribution in [0.3, 0.4) is 0 Å². The molecule has 1 aliphatic rings. The number of morpholine rings is 1. The van der Waals surface area contributed by atoms with Gasteiger partial charge in [-0.05, 0) is 12.1 Å². The van der Waals surface area contributed by atoms with Crippen LogP contribution in [0.15, 0.2) is 30.6 Å². The predicted molar refractivity (Wildman–Crippen MR) is 92.6 cm³/mol. The van der Waals surface area contributed by atoms with Gasteiger partial charge in [0.25, 0.3) is 5.91 Å². The van der Waals surface area contributed by atoms with Gasteiger partial charge in [0.2, 0.25) is 0 Å². The van der Waals surface area contributed by atoms with Crippen LogP contribution in [-0.4, -0.2) is 69.7 Å². The number of carbonyl (C=O) groups excluding carboxylic acids is 2. The smallest absolute Gasteiger partial charge is 0.274 e. The standard InChI is InChI=1S/C18H19N3O6/c22-8-13-15(24)2-1-3-16(13)27-11-12-10-26-7-6-21(12)18(25)17-14(9-23)19-4-5-20-17/h1-5,8,12,23-24H,6-7,9-11H2. The Bertz CT molecular complexity index is 828. The van der Waals surface area contributed by atoms with Crippen LogP contribution in [0.25, 0.3) is 0 Å². The number of carbonyl (C=O) groups is 2. The minimum absolute atomic E-state index is 0.0450. The van der Waals surface area contributed by atoms with Gasteiger partial charge in [-0.1, -0.05) is 6.07 Å². The van der Waals surface area contributed by atoms with Gasteiger partial charge in [0.1, 0.15) is 18.1 Å². The van der Waals surface area contributed by atoms with E-state index >= 15 is 0 Å². The molecule has 1 saturated heterocycles. The maximum Gasteiger partial charge on any atom is 0.274 e. The van der Waals surface area contributed by atoms with E-state index in [-0.39, 0.29) is 47.6 Å². The fraction of sp³-hybridized carbons (Fsp3) is 0.333. The Morgan fingerprint density at radius 2 is 2.19 bits per heavy atom. The van der Waals surface area contributed by atoms with Crippen molar-refractivity contribution in [3.05, 3.63) is 47.5 Å². The third kappa shape index (κ3) is 4.04. The van der Waals surface area contributed by atoms with Gasteiger partial charge in [-0.3, -0.25) is 14.6 Å². The number of rotatable bonds is 6. The number of phenols is 1. The third-order valence-corrected chi connectivity index (χ3v) is 4.21. The summed E-state index contributed by atoms with van der Waals surface area (Å²) in [5.74, 6) is -0.337. The van der Waals surface area contributed by atoms with Crippen molar-refractivity contribution in [1.82, 2.24) is 14.9 Å². The number of benzene rings is 1. The van der Waals surface area contributed by atoms with Gasteiger partial charge in [-0.15, -0.1) is 0 Å². The second-order valence-electron chi connectivity index (χ2n) is 5.85. The first-order valence-corrected chi connectivity index (χ1v) is 8.35. The Labute approximate surface area is 155 Å². The van der Waals surface area contributed by atoms with E-state index in [1.807, 2.05) is 0 Å². The summed E-state index contributed by atoms with van der Waals surface area (Å²) in [4.78, 5) is 33.6. The molecule has 1 aromatic carbocycles. The number of aliphatic hydroxyl groups is 1. The van der Waals surface area contributed by atoms with Crippen molar-refractivity contribution in [3.63, 3.8) is 0 Å². The zero-order valence-corrected chi connectivity index (χ0v) is 14.4. The maximum atomic E-state index is 12.9. The summed E-state index contributed by atoms with van der Waals surface area (Å²) in [6.07, 6.45) is 3.31. The fourth-order valence-corrected chi connectivity index (χ4v) is 2.82. The SMILES string of the molecule is O=Cc1c(O)cccc1OCC1COCCN1C(=O)c1nccnc1CO. The number of hydrogen-bond donors (Lipinski definition) is 2. The number of hydrogen-bond acceptors (Lipinski definition) is 8. The molecule has 0 aliphatic carbocycles. The number of ether oxygens (including phenoxy) is 2. The van der Waals surface area contributed by atoms with Crippen LogP contribution in [0, 0.1) is 0 Å². The van der Waals surface area contributed by atoms with Crippen LogP contribution in [0.4, 0.5) is 0 Å². The molecule has 1 unspecified atom stereocenters. The first kappa shape index (κ1) is 18.7. The van der Waals surface area contributed by atoms with Gasteiger partial charge in [0.15, 0.2) is 12.0 Å². The van der Waals surface area contributed by atoms with Gasteiger partial charge in [-0.2, -0.15) is 0 Å². The minimum Gasteiger partial charge on any atom is -0.507 e. The van der Waals surface area contributed by atoms with Gasteiger partial charge in [0, 0.05) is 18.9 Å². The van der Waals surface area contributed by atoms with Gasteiger partial charge in [0.05, 0.1) is 37.1 Å². The number of amides is 1. The molecular formula is C18H19N3O6. The van der Waals surface area contributed by atoms with E-state index in [2.05, 4.69) is 9.97 Å². The van der Waals surface area contributed by atoms with Crippen LogP contribution in [0.5, 0.6) is 11.5 Å². The highest BCUT2D eigenvalue weighted by Gasteiger charge is 2.31. The molecule has 1 atom stereocenters. The molecular weight excluding hydrogens is 354 g/mol. The fourth-order valence-electron chi connectivity index (χ4n) is 2.82. The highest BCUT2D eigenvalue weighted by Crippen LogP contribution is 2.26. The van der Waals surface area contributed by atoms with Crippen LogP contribution >= 0.6 is 0 Å². The van der Waals surface area contributed by atoms with Crippen LogP contribution in [0.2, 0.25) is 0 Å². The minimum atomic E-state index is -0.429. The molecule has 0 radical (unpaired) electrons. The molecule has 2 N–H and O–H groups in total. The summed E-state index contributed by atoms with van der Waals surface area (Å²) in [5, 5.41) is 19.1. The lowest BCUT2D eigenvalue weighted by Gasteiger charge is -2.35. The van der Waals surface area contributed by atoms with Crippen molar-refractivity contribution < 1.29 is 29.3 Å². The molecule has 1 aromatic heterocycles. The van der Waals surface area contributed by atoms with Crippen molar-refractivity contribution in [3.8, 4) is 11.5 Å². The van der Waals surface area contributed by atoms with Crippen molar-refractivity contribution in [2.24, 2.45) is 0 Å². The maximum absolute atomic E-state index is 12.9. The van der Waals surface area contributed by atoms with E-state index in [0.29, 0.717) is 19.4 Å². The summed E-state index contributed by atoms with van der Waals surface area (Å²) in [5.41, 5.74) is 0.325. The van der Waals surface area contributed by atoms with Gasteiger partial charge in [-0.25, -0.2) is 4.98 Å². The second-order valence-corrected chi connectivity index (χ2v) is 5.85. The largest absolute Gasteiger partial charge is 0.507 e. The third-order valence-electron chi connectivity index (χ3n) is 4.21. The van der Waals surface area contributed by atoms with E-state index in [1.54, 1.807) is 17.0 Å². The monoisotopic (exact) mass is 373 g/mol. The number of aldehydes is 1. The number of aromatic hydroxyl groups is 1. The topological polar surface area (TPSA) is 122 Å². The van der Waals surface area contributed by atoms with Crippen molar-refractivity contribution in [2.45, 2.75) is 12.6 Å². The number of phenolic OH excluding ortho intramolecular Hbond substituents is 1.